The highest BCUT2D eigenvalue weighted by Crippen LogP contribution is 2.37. The van der Waals surface area contributed by atoms with Crippen molar-refractivity contribution in [1.82, 2.24) is 9.55 Å². The molecular weight excluding hydrogens is 226 g/mol. The van der Waals surface area contributed by atoms with Crippen LogP contribution in [0.2, 0.25) is 0 Å². The Hall–Kier alpha value is -1.03. The van der Waals surface area contributed by atoms with E-state index in [1.54, 1.807) is 7.11 Å². The zero-order chi connectivity index (χ0) is 13.0. The summed E-state index contributed by atoms with van der Waals surface area (Å²) in [6.45, 7) is 6.25. The summed E-state index contributed by atoms with van der Waals surface area (Å²) in [6.07, 6.45) is 9.26. The smallest absolute Gasteiger partial charge is 0.203 e. The van der Waals surface area contributed by atoms with E-state index in [0.717, 1.165) is 12.5 Å². The van der Waals surface area contributed by atoms with Crippen molar-refractivity contribution in [3.63, 3.8) is 0 Å². The highest BCUT2D eigenvalue weighted by molar-refractivity contribution is 5.27. The summed E-state index contributed by atoms with van der Waals surface area (Å²) < 4.78 is 7.36. The van der Waals surface area contributed by atoms with Gasteiger partial charge in [-0.05, 0) is 25.2 Å². The maximum Gasteiger partial charge on any atom is 0.203 e. The molecule has 0 aliphatic heterocycles. The van der Waals surface area contributed by atoms with E-state index in [4.69, 9.17) is 4.74 Å². The van der Waals surface area contributed by atoms with Gasteiger partial charge in [-0.3, -0.25) is 0 Å². The Morgan fingerprint density at radius 3 is 2.89 bits per heavy atom. The van der Waals surface area contributed by atoms with Gasteiger partial charge in [-0.15, -0.1) is 0 Å². The topological polar surface area (TPSA) is 39.1 Å². The predicted molar refractivity (Wildman–Crippen MR) is 73.9 cm³/mol. The third-order valence-electron chi connectivity index (χ3n) is 4.04. The molecule has 0 bridgehead atoms. The van der Waals surface area contributed by atoms with E-state index in [-0.39, 0.29) is 0 Å². The predicted octanol–water partition coefficient (Wildman–Crippen LogP) is 3.08. The van der Waals surface area contributed by atoms with Crippen LogP contribution in [-0.4, -0.2) is 29.8 Å². The first-order chi connectivity index (χ1) is 8.64. The van der Waals surface area contributed by atoms with Gasteiger partial charge in [0.05, 0.1) is 12.6 Å². The molecule has 1 N–H and O–H groups in total. The third-order valence-corrected chi connectivity index (χ3v) is 4.04. The second-order valence-corrected chi connectivity index (χ2v) is 5.83. The average molecular weight is 251 g/mol. The minimum atomic E-state index is 0.316. The van der Waals surface area contributed by atoms with E-state index in [9.17, 15) is 0 Å². The second kappa shape index (κ2) is 5.74. The van der Waals surface area contributed by atoms with Gasteiger partial charge in [-0.1, -0.05) is 19.8 Å². The molecule has 1 atom stereocenters. The number of rotatable bonds is 6. The van der Waals surface area contributed by atoms with E-state index in [0.29, 0.717) is 18.1 Å². The number of nitrogens with one attached hydrogen (secondary N) is 1. The number of ether oxygens (including phenoxy) is 1. The van der Waals surface area contributed by atoms with Gasteiger partial charge in [0.15, 0.2) is 0 Å². The second-order valence-electron chi connectivity index (χ2n) is 5.83. The zero-order valence-corrected chi connectivity index (χ0v) is 11.8. The van der Waals surface area contributed by atoms with Gasteiger partial charge < -0.3 is 14.6 Å². The number of nitrogens with zero attached hydrogens (tertiary/aromatic N) is 2. The van der Waals surface area contributed by atoms with Gasteiger partial charge in [0.25, 0.3) is 0 Å². The van der Waals surface area contributed by atoms with Gasteiger partial charge >= 0.3 is 0 Å². The van der Waals surface area contributed by atoms with E-state index in [1.165, 1.54) is 25.7 Å². The monoisotopic (exact) mass is 251 g/mol. The van der Waals surface area contributed by atoms with Crippen LogP contribution >= 0.6 is 0 Å². The normalized spacial score (nSPS) is 19.9. The largest absolute Gasteiger partial charge is 0.383 e. The molecule has 1 heterocycles. The van der Waals surface area contributed by atoms with Crippen LogP contribution in [0.1, 0.15) is 45.6 Å². The number of anilines is 1. The van der Waals surface area contributed by atoms with Crippen molar-refractivity contribution in [3.8, 4) is 0 Å². The van der Waals surface area contributed by atoms with Crippen LogP contribution in [-0.2, 0) is 4.74 Å². The van der Waals surface area contributed by atoms with Crippen molar-refractivity contribution >= 4 is 5.95 Å². The van der Waals surface area contributed by atoms with E-state index < -0.39 is 0 Å². The SMILES string of the molecule is COCC(C)n1ccnc1NCC1(C)CCCC1. The molecule has 4 nitrogen and oxygen atoms in total. The lowest BCUT2D eigenvalue weighted by Gasteiger charge is -2.25. The van der Waals surface area contributed by atoms with E-state index in [2.05, 4.69) is 28.7 Å². The van der Waals surface area contributed by atoms with Crippen LogP contribution in [0.5, 0.6) is 0 Å². The molecule has 1 fully saturated rings. The van der Waals surface area contributed by atoms with Crippen molar-refractivity contribution in [2.45, 2.75) is 45.6 Å². The Morgan fingerprint density at radius 1 is 1.50 bits per heavy atom. The number of aromatic nitrogens is 2. The summed E-state index contributed by atoms with van der Waals surface area (Å²) in [5.41, 5.74) is 0.446. The first kappa shape index (κ1) is 13.4. The van der Waals surface area contributed by atoms with Crippen LogP contribution in [0.25, 0.3) is 0 Å². The maximum atomic E-state index is 5.20. The van der Waals surface area contributed by atoms with Crippen molar-refractivity contribution < 1.29 is 4.74 Å². The Balaban J connectivity index is 1.95. The average Bonchev–Trinajstić information content (AvgIpc) is 2.96. The molecule has 0 aromatic carbocycles. The molecule has 1 saturated carbocycles. The summed E-state index contributed by atoms with van der Waals surface area (Å²) in [5.74, 6) is 0.965. The molecule has 1 aliphatic carbocycles. The molecule has 1 unspecified atom stereocenters. The Bertz CT molecular complexity index is 369. The molecular formula is C14H25N3O. The minimum absolute atomic E-state index is 0.316. The summed E-state index contributed by atoms with van der Waals surface area (Å²) in [4.78, 5) is 4.41. The molecule has 0 radical (unpaired) electrons. The van der Waals surface area contributed by atoms with Crippen LogP contribution in [0.15, 0.2) is 12.4 Å². The molecule has 0 amide bonds. The molecule has 0 saturated heterocycles. The fraction of sp³-hybridized carbons (Fsp3) is 0.786. The van der Waals surface area contributed by atoms with Crippen molar-refractivity contribution in [2.24, 2.45) is 5.41 Å². The molecule has 1 aromatic rings. The molecule has 1 aliphatic rings. The van der Waals surface area contributed by atoms with Gasteiger partial charge in [0.1, 0.15) is 0 Å². The van der Waals surface area contributed by atoms with Gasteiger partial charge in [0.2, 0.25) is 5.95 Å². The Kier molecular flexibility index (Phi) is 4.27. The van der Waals surface area contributed by atoms with Gasteiger partial charge in [0, 0.05) is 26.0 Å². The van der Waals surface area contributed by atoms with Gasteiger partial charge in [-0.25, -0.2) is 4.98 Å². The summed E-state index contributed by atoms with van der Waals surface area (Å²) in [6, 6.07) is 0.316. The van der Waals surface area contributed by atoms with E-state index >= 15 is 0 Å². The summed E-state index contributed by atoms with van der Waals surface area (Å²) in [5, 5.41) is 3.51. The maximum absolute atomic E-state index is 5.20. The lowest BCUT2D eigenvalue weighted by Crippen LogP contribution is -2.25. The minimum Gasteiger partial charge on any atom is -0.383 e. The first-order valence-electron chi connectivity index (χ1n) is 6.90. The molecule has 2 rings (SSSR count). The molecule has 18 heavy (non-hydrogen) atoms. The standard InChI is InChI=1S/C14H25N3O/c1-12(10-18-3)17-9-8-15-13(17)16-11-14(2)6-4-5-7-14/h8-9,12H,4-7,10-11H2,1-3H3,(H,15,16). The van der Waals surface area contributed by atoms with Crippen molar-refractivity contribution in [1.29, 1.82) is 0 Å². The summed E-state index contributed by atoms with van der Waals surface area (Å²) >= 11 is 0. The molecule has 4 heteroatoms. The number of hydrogen-bond acceptors (Lipinski definition) is 3. The highest BCUT2D eigenvalue weighted by atomic mass is 16.5. The van der Waals surface area contributed by atoms with Crippen LogP contribution < -0.4 is 5.32 Å². The molecule has 1 aromatic heterocycles. The number of imidazole rings is 1. The fourth-order valence-electron chi connectivity index (χ4n) is 2.82. The van der Waals surface area contributed by atoms with Crippen LogP contribution in [0.4, 0.5) is 5.95 Å². The zero-order valence-electron chi connectivity index (χ0n) is 11.8. The lowest BCUT2D eigenvalue weighted by molar-refractivity contribution is 0.163. The Labute approximate surface area is 110 Å². The van der Waals surface area contributed by atoms with Crippen molar-refractivity contribution in [2.75, 3.05) is 25.6 Å². The van der Waals surface area contributed by atoms with Crippen molar-refractivity contribution in [3.05, 3.63) is 12.4 Å². The van der Waals surface area contributed by atoms with Gasteiger partial charge in [-0.2, -0.15) is 0 Å². The summed E-state index contributed by atoms with van der Waals surface area (Å²) in [7, 11) is 1.74. The van der Waals surface area contributed by atoms with Crippen LogP contribution in [0.3, 0.4) is 0 Å². The van der Waals surface area contributed by atoms with Crippen LogP contribution in [0, 0.1) is 5.41 Å². The van der Waals surface area contributed by atoms with E-state index in [1.807, 2.05) is 12.4 Å². The molecule has 102 valence electrons. The highest BCUT2D eigenvalue weighted by Gasteiger charge is 2.28. The first-order valence-corrected chi connectivity index (χ1v) is 6.90. The molecule has 0 spiro atoms. The quantitative estimate of drug-likeness (QED) is 0.844. The third kappa shape index (κ3) is 3.05. The number of methoxy groups -OCH3 is 1. The lowest BCUT2D eigenvalue weighted by atomic mass is 9.89. The Morgan fingerprint density at radius 2 is 2.22 bits per heavy atom. The fourth-order valence-corrected chi connectivity index (χ4v) is 2.82. The number of hydrogen-bond donors (Lipinski definition) is 1.